The predicted molar refractivity (Wildman–Crippen MR) is 113 cm³/mol. The highest BCUT2D eigenvalue weighted by Gasteiger charge is 2.59. The van der Waals surface area contributed by atoms with Crippen LogP contribution in [-0.4, -0.2) is 73.3 Å². The summed E-state index contributed by atoms with van der Waals surface area (Å²) >= 11 is 0. The Hall–Kier alpha value is -0.340. The first-order chi connectivity index (χ1) is 11.6. The number of hydrogen-bond acceptors (Lipinski definition) is 3. The maximum atomic E-state index is 5.94. The van der Waals surface area contributed by atoms with Gasteiger partial charge in [0.15, 0.2) is 5.96 Å². The van der Waals surface area contributed by atoms with E-state index in [0.29, 0.717) is 24.1 Å². The Morgan fingerprint density at radius 2 is 2.04 bits per heavy atom. The van der Waals surface area contributed by atoms with E-state index in [-0.39, 0.29) is 29.4 Å². The molecular formula is C19H33IN4O. The van der Waals surface area contributed by atoms with Crippen molar-refractivity contribution in [2.75, 3.05) is 39.3 Å². The van der Waals surface area contributed by atoms with E-state index >= 15 is 0 Å². The molecule has 0 amide bonds. The maximum absolute atomic E-state index is 5.94. The summed E-state index contributed by atoms with van der Waals surface area (Å²) < 4.78 is 5.94. The summed E-state index contributed by atoms with van der Waals surface area (Å²) in [5, 5.41) is 3.83. The average Bonchev–Trinajstić information content (AvgIpc) is 3.31. The lowest BCUT2D eigenvalue weighted by Gasteiger charge is -2.55. The molecule has 4 aliphatic rings. The average molecular weight is 460 g/mol. The molecule has 0 radical (unpaired) electrons. The molecule has 25 heavy (non-hydrogen) atoms. The van der Waals surface area contributed by atoms with Crippen molar-refractivity contribution in [3.8, 4) is 0 Å². The number of ether oxygens (including phenoxy) is 1. The third-order valence-corrected chi connectivity index (χ3v) is 6.52. The van der Waals surface area contributed by atoms with E-state index in [1.165, 1.54) is 12.8 Å². The topological polar surface area (TPSA) is 40.1 Å². The normalized spacial score (nSPS) is 36.9. The fraction of sp³-hybridized carbons (Fsp3) is 0.842. The molecule has 1 saturated carbocycles. The van der Waals surface area contributed by atoms with Gasteiger partial charge in [-0.2, -0.15) is 0 Å². The zero-order valence-electron chi connectivity index (χ0n) is 15.8. The summed E-state index contributed by atoms with van der Waals surface area (Å²) in [6.07, 6.45) is 7.45. The highest BCUT2D eigenvalue weighted by Crippen LogP contribution is 2.52. The Kier molecular flexibility index (Phi) is 6.00. The Morgan fingerprint density at radius 3 is 2.76 bits per heavy atom. The molecule has 4 unspecified atom stereocenters. The minimum Gasteiger partial charge on any atom is -0.377 e. The van der Waals surface area contributed by atoms with Crippen LogP contribution in [0.3, 0.4) is 0 Å². The number of likely N-dealkylation sites (tertiary alicyclic amines) is 1. The van der Waals surface area contributed by atoms with Gasteiger partial charge in [-0.3, -0.25) is 9.89 Å². The van der Waals surface area contributed by atoms with Crippen LogP contribution in [0.15, 0.2) is 17.1 Å². The predicted octanol–water partition coefficient (Wildman–Crippen LogP) is 2.33. The van der Waals surface area contributed by atoms with E-state index in [1.807, 2.05) is 0 Å². The van der Waals surface area contributed by atoms with Gasteiger partial charge in [0, 0.05) is 62.7 Å². The Morgan fingerprint density at radius 1 is 1.28 bits per heavy atom. The van der Waals surface area contributed by atoms with Gasteiger partial charge in [0.25, 0.3) is 0 Å². The van der Waals surface area contributed by atoms with E-state index in [2.05, 4.69) is 48.0 Å². The van der Waals surface area contributed by atoms with Gasteiger partial charge in [-0.25, -0.2) is 0 Å². The molecule has 4 rings (SSSR count). The maximum Gasteiger partial charge on any atom is 0.194 e. The van der Waals surface area contributed by atoms with Crippen LogP contribution in [0, 0.1) is 11.3 Å². The van der Waals surface area contributed by atoms with Gasteiger partial charge in [0.1, 0.15) is 0 Å². The zero-order chi connectivity index (χ0) is 16.7. The fourth-order valence-electron chi connectivity index (χ4n) is 5.17. The van der Waals surface area contributed by atoms with Crippen LogP contribution in [0.2, 0.25) is 0 Å². The number of rotatable bonds is 3. The minimum atomic E-state index is 0. The monoisotopic (exact) mass is 460 g/mol. The van der Waals surface area contributed by atoms with Crippen LogP contribution in [0.25, 0.3) is 0 Å². The molecule has 0 aromatic rings. The highest BCUT2D eigenvalue weighted by atomic mass is 127. The number of nitrogens with one attached hydrogen (secondary N) is 1. The molecule has 4 atom stereocenters. The van der Waals surface area contributed by atoms with Crippen molar-refractivity contribution in [2.24, 2.45) is 16.3 Å². The second kappa shape index (κ2) is 7.72. The molecule has 3 heterocycles. The van der Waals surface area contributed by atoms with Crippen LogP contribution < -0.4 is 5.32 Å². The molecule has 3 aliphatic heterocycles. The van der Waals surface area contributed by atoms with Crippen molar-refractivity contribution >= 4 is 29.9 Å². The Labute approximate surface area is 169 Å². The summed E-state index contributed by atoms with van der Waals surface area (Å²) in [5.41, 5.74) is 0.202. The van der Waals surface area contributed by atoms with E-state index < -0.39 is 0 Å². The van der Waals surface area contributed by atoms with Gasteiger partial charge < -0.3 is 15.0 Å². The molecule has 1 N–H and O–H groups in total. The molecule has 2 saturated heterocycles. The van der Waals surface area contributed by atoms with Crippen molar-refractivity contribution in [1.82, 2.24) is 15.1 Å². The lowest BCUT2D eigenvalue weighted by atomic mass is 9.57. The standard InChI is InChI=1S/C19H32N4O.HI/c1-4-20-18(21-16-15-8-12-24-17(15)19(16,2)3)23-11-7-14(13-23)22-9-5-6-10-22;/h5-6,14-17H,4,7-13H2,1-3H3,(H,20,21);1H. The number of hydrogen-bond donors (Lipinski definition) is 1. The molecule has 142 valence electrons. The molecule has 0 aromatic carbocycles. The summed E-state index contributed by atoms with van der Waals surface area (Å²) in [7, 11) is 0. The van der Waals surface area contributed by atoms with Crippen LogP contribution in [-0.2, 0) is 4.74 Å². The van der Waals surface area contributed by atoms with Crippen LogP contribution in [0.4, 0.5) is 0 Å². The molecule has 0 bridgehead atoms. The summed E-state index contributed by atoms with van der Waals surface area (Å²) in [5.74, 6) is 1.78. The summed E-state index contributed by atoms with van der Waals surface area (Å²) in [4.78, 5) is 9.88. The first-order valence-electron chi connectivity index (χ1n) is 9.68. The van der Waals surface area contributed by atoms with E-state index in [9.17, 15) is 0 Å². The smallest absolute Gasteiger partial charge is 0.194 e. The van der Waals surface area contributed by atoms with Gasteiger partial charge >= 0.3 is 0 Å². The molecule has 1 aliphatic carbocycles. The number of fused-ring (bicyclic) bond motifs is 1. The van der Waals surface area contributed by atoms with Crippen molar-refractivity contribution in [2.45, 2.75) is 51.8 Å². The second-order valence-electron chi connectivity index (χ2n) is 8.30. The molecule has 6 heteroatoms. The third kappa shape index (κ3) is 3.46. The lowest BCUT2D eigenvalue weighted by molar-refractivity contribution is -0.107. The van der Waals surface area contributed by atoms with E-state index in [0.717, 1.165) is 45.3 Å². The summed E-state index contributed by atoms with van der Waals surface area (Å²) in [6.45, 7) is 13.0. The Balaban J connectivity index is 0.00000182. The quantitative estimate of drug-likeness (QED) is 0.304. The van der Waals surface area contributed by atoms with Crippen LogP contribution >= 0.6 is 24.0 Å². The van der Waals surface area contributed by atoms with Crippen molar-refractivity contribution in [1.29, 1.82) is 0 Å². The molecule has 5 nitrogen and oxygen atoms in total. The molecular weight excluding hydrogens is 427 g/mol. The number of guanidine groups is 1. The largest absolute Gasteiger partial charge is 0.377 e. The minimum absolute atomic E-state index is 0. The molecule has 0 spiro atoms. The van der Waals surface area contributed by atoms with Crippen molar-refractivity contribution < 1.29 is 4.74 Å². The van der Waals surface area contributed by atoms with Gasteiger partial charge in [-0.15, -0.1) is 24.0 Å². The molecule has 3 fully saturated rings. The lowest BCUT2D eigenvalue weighted by Crippen LogP contribution is -2.68. The van der Waals surface area contributed by atoms with E-state index in [4.69, 9.17) is 9.73 Å². The SMILES string of the molecule is CCN=C(NC1C2CCOC2C1(C)C)N1CCC(N2CC=CC2)C1.I. The Bertz CT molecular complexity index is 528. The van der Waals surface area contributed by atoms with Crippen LogP contribution in [0.1, 0.15) is 33.6 Å². The van der Waals surface area contributed by atoms with Crippen molar-refractivity contribution in [3.63, 3.8) is 0 Å². The first kappa shape index (κ1) is 19.4. The fourth-order valence-corrected chi connectivity index (χ4v) is 5.17. The first-order valence-corrected chi connectivity index (χ1v) is 9.68. The number of nitrogens with zero attached hydrogens (tertiary/aromatic N) is 3. The highest BCUT2D eigenvalue weighted by molar-refractivity contribution is 14.0. The number of halogens is 1. The molecule has 0 aromatic heterocycles. The van der Waals surface area contributed by atoms with E-state index in [1.54, 1.807) is 0 Å². The third-order valence-electron chi connectivity index (χ3n) is 6.52. The van der Waals surface area contributed by atoms with Gasteiger partial charge in [0.05, 0.1) is 6.10 Å². The van der Waals surface area contributed by atoms with Gasteiger partial charge in [-0.1, -0.05) is 26.0 Å². The van der Waals surface area contributed by atoms with Crippen LogP contribution in [0.5, 0.6) is 0 Å². The van der Waals surface area contributed by atoms with Crippen molar-refractivity contribution in [3.05, 3.63) is 12.2 Å². The second-order valence-corrected chi connectivity index (χ2v) is 8.30. The van der Waals surface area contributed by atoms with Gasteiger partial charge in [-0.05, 0) is 19.8 Å². The summed E-state index contributed by atoms with van der Waals surface area (Å²) in [6, 6.07) is 1.16. The zero-order valence-corrected chi connectivity index (χ0v) is 18.1. The van der Waals surface area contributed by atoms with Gasteiger partial charge in [0.2, 0.25) is 0 Å². The number of aliphatic imine (C=N–C) groups is 1.